The number of halogens is 1. The third-order valence-electron chi connectivity index (χ3n) is 5.56. The summed E-state index contributed by atoms with van der Waals surface area (Å²) in [6, 6.07) is 8.55. The van der Waals surface area contributed by atoms with Crippen LogP contribution in [0.2, 0.25) is 0 Å². The van der Waals surface area contributed by atoms with Gasteiger partial charge in [-0.25, -0.2) is 0 Å². The Hall–Kier alpha value is -1.10. The first-order chi connectivity index (χ1) is 11.6. The topological polar surface area (TPSA) is 55.6 Å². The molecular weight excluding hydrogens is 336 g/mol. The maximum absolute atomic E-state index is 13.2. The standard InChI is InChI=1S/C20H30N2O2.ClH/c1-14-7-9-16(10-8-14)19-18(6-4-12-24-19)20(23)22-11-3-5-17(13-22)15(2)21;/h7-10,15,17-19H,3-6,11-13,21H2,1-2H3;1H. The van der Waals surface area contributed by atoms with E-state index < -0.39 is 0 Å². The van der Waals surface area contributed by atoms with Crippen LogP contribution in [0.1, 0.15) is 49.8 Å². The molecule has 0 aliphatic carbocycles. The molecule has 3 rings (SSSR count). The van der Waals surface area contributed by atoms with Gasteiger partial charge in [0.05, 0.1) is 12.0 Å². The van der Waals surface area contributed by atoms with Crippen LogP contribution in [0.5, 0.6) is 0 Å². The molecule has 1 amide bonds. The molecule has 0 spiro atoms. The normalized spacial score (nSPS) is 28.1. The highest BCUT2D eigenvalue weighted by atomic mass is 35.5. The summed E-state index contributed by atoms with van der Waals surface area (Å²) in [5.41, 5.74) is 8.43. The zero-order valence-corrected chi connectivity index (χ0v) is 16.1. The van der Waals surface area contributed by atoms with Crippen LogP contribution in [0.25, 0.3) is 0 Å². The van der Waals surface area contributed by atoms with Crippen LogP contribution in [-0.4, -0.2) is 36.5 Å². The number of hydrogen-bond acceptors (Lipinski definition) is 3. The molecule has 0 bridgehead atoms. The average Bonchev–Trinajstić information content (AvgIpc) is 2.62. The third-order valence-corrected chi connectivity index (χ3v) is 5.56. The molecule has 5 heteroatoms. The lowest BCUT2D eigenvalue weighted by molar-refractivity contribution is -0.147. The number of piperidine rings is 1. The first kappa shape index (κ1) is 20.2. The zero-order chi connectivity index (χ0) is 17.1. The van der Waals surface area contributed by atoms with Crippen LogP contribution in [0.4, 0.5) is 0 Å². The Morgan fingerprint density at radius 3 is 2.64 bits per heavy atom. The largest absolute Gasteiger partial charge is 0.373 e. The highest BCUT2D eigenvalue weighted by Crippen LogP contribution is 2.36. The quantitative estimate of drug-likeness (QED) is 0.891. The monoisotopic (exact) mass is 366 g/mol. The van der Waals surface area contributed by atoms with Crippen LogP contribution in [0, 0.1) is 18.8 Å². The van der Waals surface area contributed by atoms with Crippen molar-refractivity contribution < 1.29 is 9.53 Å². The maximum atomic E-state index is 13.2. The van der Waals surface area contributed by atoms with Gasteiger partial charge in [0.1, 0.15) is 0 Å². The molecule has 2 aliphatic rings. The lowest BCUT2D eigenvalue weighted by atomic mass is 9.86. The Kier molecular flexibility index (Phi) is 7.29. The molecule has 2 heterocycles. The van der Waals surface area contributed by atoms with E-state index in [9.17, 15) is 4.79 Å². The SMILES string of the molecule is Cc1ccc(C2OCCCC2C(=O)N2CCCC(C(C)N)C2)cc1.Cl. The molecule has 0 radical (unpaired) electrons. The van der Waals surface area contributed by atoms with Crippen molar-refractivity contribution >= 4 is 18.3 Å². The van der Waals surface area contributed by atoms with Crippen LogP contribution in [0.3, 0.4) is 0 Å². The minimum atomic E-state index is -0.109. The highest BCUT2D eigenvalue weighted by molar-refractivity contribution is 5.85. The van der Waals surface area contributed by atoms with Crippen molar-refractivity contribution in [3.8, 4) is 0 Å². The molecule has 2 N–H and O–H groups in total. The number of nitrogens with two attached hydrogens (primary N) is 1. The number of hydrogen-bond donors (Lipinski definition) is 1. The summed E-state index contributed by atoms with van der Waals surface area (Å²) in [7, 11) is 0. The Labute approximate surface area is 157 Å². The summed E-state index contributed by atoms with van der Waals surface area (Å²) in [6.45, 7) is 6.53. The predicted octanol–water partition coefficient (Wildman–Crippen LogP) is 3.47. The fourth-order valence-corrected chi connectivity index (χ4v) is 3.99. The van der Waals surface area contributed by atoms with Gasteiger partial charge in [-0.15, -0.1) is 12.4 Å². The fraction of sp³-hybridized carbons (Fsp3) is 0.650. The van der Waals surface area contributed by atoms with Crippen molar-refractivity contribution in [2.75, 3.05) is 19.7 Å². The minimum Gasteiger partial charge on any atom is -0.373 e. The molecule has 4 unspecified atom stereocenters. The van der Waals surface area contributed by atoms with Crippen LogP contribution in [-0.2, 0) is 9.53 Å². The van der Waals surface area contributed by atoms with Gasteiger partial charge in [-0.05, 0) is 51.0 Å². The number of amides is 1. The summed E-state index contributed by atoms with van der Waals surface area (Å²) in [5.74, 6) is 0.615. The highest BCUT2D eigenvalue weighted by Gasteiger charge is 2.37. The zero-order valence-electron chi connectivity index (χ0n) is 15.3. The van der Waals surface area contributed by atoms with Crippen LogP contribution < -0.4 is 5.73 Å². The van der Waals surface area contributed by atoms with Crippen molar-refractivity contribution in [3.05, 3.63) is 35.4 Å². The smallest absolute Gasteiger partial charge is 0.228 e. The summed E-state index contributed by atoms with van der Waals surface area (Å²) in [5, 5.41) is 0. The molecular formula is C20H31ClN2O2. The van der Waals surface area contributed by atoms with Crippen molar-refractivity contribution in [2.24, 2.45) is 17.6 Å². The van der Waals surface area contributed by atoms with Gasteiger partial charge >= 0.3 is 0 Å². The second-order valence-electron chi connectivity index (χ2n) is 7.50. The number of carbonyl (C=O) groups excluding carboxylic acids is 1. The van der Waals surface area contributed by atoms with E-state index in [4.69, 9.17) is 10.5 Å². The minimum absolute atomic E-state index is 0. The van der Waals surface area contributed by atoms with E-state index in [1.807, 2.05) is 4.90 Å². The van der Waals surface area contributed by atoms with Gasteiger partial charge in [-0.2, -0.15) is 0 Å². The van der Waals surface area contributed by atoms with Crippen molar-refractivity contribution in [1.82, 2.24) is 4.90 Å². The van der Waals surface area contributed by atoms with Gasteiger partial charge in [-0.1, -0.05) is 29.8 Å². The predicted molar refractivity (Wildman–Crippen MR) is 103 cm³/mol. The summed E-state index contributed by atoms with van der Waals surface area (Å²) >= 11 is 0. The molecule has 140 valence electrons. The Morgan fingerprint density at radius 1 is 1.24 bits per heavy atom. The average molecular weight is 367 g/mol. The lowest BCUT2D eigenvalue weighted by Gasteiger charge is -2.39. The van der Waals surface area contributed by atoms with E-state index in [0.29, 0.717) is 5.92 Å². The Bertz CT molecular complexity index is 561. The lowest BCUT2D eigenvalue weighted by Crippen LogP contribution is -2.48. The Balaban J connectivity index is 0.00000225. The molecule has 25 heavy (non-hydrogen) atoms. The van der Waals surface area contributed by atoms with Crippen molar-refractivity contribution in [2.45, 2.75) is 51.7 Å². The molecule has 2 saturated heterocycles. The number of benzene rings is 1. The molecule has 4 atom stereocenters. The van der Waals surface area contributed by atoms with Gasteiger partial charge in [0, 0.05) is 25.7 Å². The summed E-state index contributed by atoms with van der Waals surface area (Å²) in [4.78, 5) is 15.2. The van der Waals surface area contributed by atoms with Gasteiger partial charge in [-0.3, -0.25) is 4.79 Å². The first-order valence-corrected chi connectivity index (χ1v) is 9.29. The number of aryl methyl sites for hydroxylation is 1. The van der Waals surface area contributed by atoms with Crippen molar-refractivity contribution in [3.63, 3.8) is 0 Å². The molecule has 4 nitrogen and oxygen atoms in total. The summed E-state index contributed by atoms with van der Waals surface area (Å²) in [6.07, 6.45) is 3.95. The molecule has 0 saturated carbocycles. The number of ether oxygens (including phenoxy) is 1. The summed E-state index contributed by atoms with van der Waals surface area (Å²) < 4.78 is 6.03. The second-order valence-corrected chi connectivity index (χ2v) is 7.50. The van der Waals surface area contributed by atoms with Gasteiger partial charge in [0.2, 0.25) is 5.91 Å². The maximum Gasteiger partial charge on any atom is 0.228 e. The fourth-order valence-electron chi connectivity index (χ4n) is 3.99. The molecule has 2 aliphatic heterocycles. The van der Waals surface area contributed by atoms with Crippen molar-refractivity contribution in [1.29, 1.82) is 0 Å². The van der Waals surface area contributed by atoms with E-state index in [1.54, 1.807) is 0 Å². The first-order valence-electron chi connectivity index (χ1n) is 9.29. The molecule has 1 aromatic carbocycles. The number of likely N-dealkylation sites (tertiary alicyclic amines) is 1. The Morgan fingerprint density at radius 2 is 1.96 bits per heavy atom. The van der Waals surface area contributed by atoms with Gasteiger partial charge < -0.3 is 15.4 Å². The van der Waals surface area contributed by atoms with E-state index in [0.717, 1.165) is 50.9 Å². The van der Waals surface area contributed by atoms with E-state index in [1.165, 1.54) is 5.56 Å². The van der Waals surface area contributed by atoms with E-state index in [-0.39, 0.29) is 36.4 Å². The second kappa shape index (κ2) is 9.02. The van der Waals surface area contributed by atoms with Crippen LogP contribution in [0.15, 0.2) is 24.3 Å². The van der Waals surface area contributed by atoms with Crippen LogP contribution >= 0.6 is 12.4 Å². The molecule has 1 aromatic rings. The number of nitrogens with zero attached hydrogens (tertiary/aromatic N) is 1. The van der Waals surface area contributed by atoms with E-state index >= 15 is 0 Å². The number of rotatable bonds is 3. The molecule has 2 fully saturated rings. The number of carbonyl (C=O) groups is 1. The van der Waals surface area contributed by atoms with E-state index in [2.05, 4.69) is 38.1 Å². The van der Waals surface area contributed by atoms with Gasteiger partial charge in [0.25, 0.3) is 0 Å². The molecule has 0 aromatic heterocycles. The van der Waals surface area contributed by atoms with Gasteiger partial charge in [0.15, 0.2) is 0 Å². The third kappa shape index (κ3) is 4.75.